The van der Waals surface area contributed by atoms with Crippen molar-refractivity contribution < 1.29 is 23.0 Å². The molecule has 1 fully saturated rings. The number of benzene rings is 1. The quantitative estimate of drug-likeness (QED) is 0.896. The molecule has 1 aliphatic heterocycles. The van der Waals surface area contributed by atoms with E-state index in [-0.39, 0.29) is 23.4 Å². The summed E-state index contributed by atoms with van der Waals surface area (Å²) < 4.78 is 33.3. The molecule has 100 valence electrons. The van der Waals surface area contributed by atoms with Gasteiger partial charge in [-0.1, -0.05) is 0 Å². The molecular weight excluding hydrogens is 256 g/mol. The van der Waals surface area contributed by atoms with E-state index in [0.717, 1.165) is 0 Å². The van der Waals surface area contributed by atoms with Crippen LogP contribution in [0, 0.1) is 0 Å². The third-order valence-corrected chi connectivity index (χ3v) is 4.46. The van der Waals surface area contributed by atoms with Gasteiger partial charge in [0.1, 0.15) is 11.9 Å². The molecule has 0 unspecified atom stereocenters. The van der Waals surface area contributed by atoms with Crippen molar-refractivity contribution in [1.29, 1.82) is 0 Å². The first-order valence-corrected chi connectivity index (χ1v) is 7.65. The van der Waals surface area contributed by atoms with Gasteiger partial charge < -0.3 is 14.6 Å². The Bertz CT molecular complexity index is 523. The molecule has 1 atom stereocenters. The van der Waals surface area contributed by atoms with Crippen molar-refractivity contribution in [3.8, 4) is 17.2 Å². The Kier molecular flexibility index (Phi) is 3.65. The normalized spacial score (nSPS) is 21.7. The van der Waals surface area contributed by atoms with Crippen molar-refractivity contribution in [2.45, 2.75) is 19.4 Å². The van der Waals surface area contributed by atoms with Crippen LogP contribution in [-0.4, -0.2) is 37.7 Å². The number of aromatic hydroxyl groups is 1. The van der Waals surface area contributed by atoms with E-state index in [1.54, 1.807) is 12.1 Å². The molecule has 5 nitrogen and oxygen atoms in total. The Balaban J connectivity index is 2.06. The third kappa shape index (κ3) is 3.07. The summed E-state index contributed by atoms with van der Waals surface area (Å²) in [5.41, 5.74) is 0. The molecule has 0 radical (unpaired) electrons. The molecule has 6 heteroatoms. The van der Waals surface area contributed by atoms with Gasteiger partial charge >= 0.3 is 0 Å². The highest BCUT2D eigenvalue weighted by molar-refractivity contribution is 7.91. The minimum absolute atomic E-state index is 0.0135. The van der Waals surface area contributed by atoms with Gasteiger partial charge in [-0.3, -0.25) is 0 Å². The summed E-state index contributed by atoms with van der Waals surface area (Å²) in [5.74, 6) is 0.974. The van der Waals surface area contributed by atoms with Gasteiger partial charge in [0.05, 0.1) is 18.1 Å². The van der Waals surface area contributed by atoms with Crippen molar-refractivity contribution in [3.63, 3.8) is 0 Å². The van der Waals surface area contributed by atoms with Gasteiger partial charge in [0.25, 0.3) is 0 Å². The molecule has 0 spiro atoms. The molecule has 1 saturated heterocycles. The zero-order valence-corrected chi connectivity index (χ0v) is 10.9. The predicted molar refractivity (Wildman–Crippen MR) is 67.0 cm³/mol. The van der Waals surface area contributed by atoms with Crippen molar-refractivity contribution in [1.82, 2.24) is 0 Å². The smallest absolute Gasteiger partial charge is 0.161 e. The molecule has 0 bridgehead atoms. The minimum atomic E-state index is -2.98. The molecule has 0 saturated carbocycles. The summed E-state index contributed by atoms with van der Waals surface area (Å²) >= 11 is 0. The fourth-order valence-electron chi connectivity index (χ4n) is 1.89. The second kappa shape index (κ2) is 5.06. The van der Waals surface area contributed by atoms with E-state index >= 15 is 0 Å². The van der Waals surface area contributed by atoms with Crippen LogP contribution in [0.1, 0.15) is 13.3 Å². The fourth-order valence-corrected chi connectivity index (χ4v) is 3.48. The predicted octanol–water partition coefficient (Wildman–Crippen LogP) is 1.36. The average Bonchev–Trinajstić information content (AvgIpc) is 2.63. The lowest BCUT2D eigenvalue weighted by Gasteiger charge is -2.14. The van der Waals surface area contributed by atoms with Gasteiger partial charge in [0, 0.05) is 6.07 Å². The van der Waals surface area contributed by atoms with E-state index < -0.39 is 9.84 Å². The SMILES string of the molecule is CCOc1ccc(O[C@@H]2CCS(=O)(=O)C2)c(O)c1. The van der Waals surface area contributed by atoms with Gasteiger partial charge in [-0.25, -0.2) is 8.42 Å². The summed E-state index contributed by atoms with van der Waals surface area (Å²) in [5, 5.41) is 9.75. The van der Waals surface area contributed by atoms with Gasteiger partial charge in [-0.05, 0) is 25.5 Å². The summed E-state index contributed by atoms with van der Waals surface area (Å²) in [4.78, 5) is 0. The van der Waals surface area contributed by atoms with E-state index in [0.29, 0.717) is 24.5 Å². The largest absolute Gasteiger partial charge is 0.504 e. The molecule has 0 aliphatic carbocycles. The van der Waals surface area contributed by atoms with Gasteiger partial charge in [0.2, 0.25) is 0 Å². The van der Waals surface area contributed by atoms with E-state index in [9.17, 15) is 13.5 Å². The Labute approximate surface area is 106 Å². The maximum absolute atomic E-state index is 11.3. The van der Waals surface area contributed by atoms with E-state index in [1.165, 1.54) is 6.07 Å². The molecule has 1 N–H and O–H groups in total. The summed E-state index contributed by atoms with van der Waals surface area (Å²) in [6.07, 6.45) is 0.0912. The van der Waals surface area contributed by atoms with E-state index in [1.807, 2.05) is 6.92 Å². The maximum Gasteiger partial charge on any atom is 0.161 e. The van der Waals surface area contributed by atoms with Gasteiger partial charge in [0.15, 0.2) is 21.3 Å². The second-order valence-corrected chi connectivity index (χ2v) is 6.43. The van der Waals surface area contributed by atoms with Gasteiger partial charge in [-0.15, -0.1) is 0 Å². The van der Waals surface area contributed by atoms with E-state index in [4.69, 9.17) is 9.47 Å². The minimum Gasteiger partial charge on any atom is -0.504 e. The molecule has 18 heavy (non-hydrogen) atoms. The zero-order chi connectivity index (χ0) is 13.2. The lowest BCUT2D eigenvalue weighted by Crippen LogP contribution is -2.17. The van der Waals surface area contributed by atoms with Crippen molar-refractivity contribution in [2.75, 3.05) is 18.1 Å². The Morgan fingerprint density at radius 1 is 1.44 bits per heavy atom. The number of ether oxygens (including phenoxy) is 2. The van der Waals surface area contributed by atoms with Crippen LogP contribution in [0.2, 0.25) is 0 Å². The van der Waals surface area contributed by atoms with E-state index in [2.05, 4.69) is 0 Å². The summed E-state index contributed by atoms with van der Waals surface area (Å²) in [6.45, 7) is 2.37. The monoisotopic (exact) mass is 272 g/mol. The lowest BCUT2D eigenvalue weighted by atomic mass is 10.2. The van der Waals surface area contributed by atoms with Crippen LogP contribution in [-0.2, 0) is 9.84 Å². The second-order valence-electron chi connectivity index (χ2n) is 4.21. The number of hydrogen-bond donors (Lipinski definition) is 1. The fraction of sp³-hybridized carbons (Fsp3) is 0.500. The first-order chi connectivity index (χ1) is 8.50. The molecule has 0 aromatic heterocycles. The number of sulfone groups is 1. The molecule has 1 aliphatic rings. The Hall–Kier alpha value is -1.43. The average molecular weight is 272 g/mol. The number of hydrogen-bond acceptors (Lipinski definition) is 5. The molecule has 1 aromatic carbocycles. The standard InChI is InChI=1S/C12H16O5S/c1-2-16-9-3-4-12(11(13)7-9)17-10-5-6-18(14,15)8-10/h3-4,7,10,13H,2,5-6,8H2,1H3/t10-/m1/s1. The van der Waals surface area contributed by atoms with Crippen molar-refractivity contribution in [3.05, 3.63) is 18.2 Å². The lowest BCUT2D eigenvalue weighted by molar-refractivity contribution is 0.218. The highest BCUT2D eigenvalue weighted by Crippen LogP contribution is 2.32. The van der Waals surface area contributed by atoms with Crippen LogP contribution in [0.15, 0.2) is 18.2 Å². The first kappa shape index (κ1) is 13.0. The van der Waals surface area contributed by atoms with Crippen molar-refractivity contribution in [2.24, 2.45) is 0 Å². The Morgan fingerprint density at radius 3 is 2.78 bits per heavy atom. The van der Waals surface area contributed by atoms with Crippen LogP contribution in [0.4, 0.5) is 0 Å². The number of phenolic OH excluding ortho intramolecular Hbond substituents is 1. The summed E-state index contributed by atoms with van der Waals surface area (Å²) in [7, 11) is -2.98. The molecule has 1 heterocycles. The highest BCUT2D eigenvalue weighted by atomic mass is 32.2. The van der Waals surface area contributed by atoms with Crippen LogP contribution in [0.25, 0.3) is 0 Å². The topological polar surface area (TPSA) is 72.8 Å². The van der Waals surface area contributed by atoms with Crippen LogP contribution < -0.4 is 9.47 Å². The molecule has 1 aromatic rings. The zero-order valence-electron chi connectivity index (χ0n) is 10.1. The van der Waals surface area contributed by atoms with Gasteiger partial charge in [-0.2, -0.15) is 0 Å². The van der Waals surface area contributed by atoms with Crippen LogP contribution >= 0.6 is 0 Å². The first-order valence-electron chi connectivity index (χ1n) is 5.83. The number of rotatable bonds is 4. The molecule has 0 amide bonds. The molecule has 2 rings (SSSR count). The third-order valence-electron chi connectivity index (χ3n) is 2.73. The Morgan fingerprint density at radius 2 is 2.22 bits per heavy atom. The highest BCUT2D eigenvalue weighted by Gasteiger charge is 2.29. The maximum atomic E-state index is 11.3. The van der Waals surface area contributed by atoms with Crippen molar-refractivity contribution >= 4 is 9.84 Å². The van der Waals surface area contributed by atoms with Crippen LogP contribution in [0.5, 0.6) is 17.2 Å². The molecular formula is C12H16O5S. The summed E-state index contributed by atoms with van der Waals surface area (Å²) in [6, 6.07) is 4.73. The van der Waals surface area contributed by atoms with Crippen LogP contribution in [0.3, 0.4) is 0 Å². The number of phenols is 1.